The van der Waals surface area contributed by atoms with E-state index in [0.29, 0.717) is 27.3 Å². The van der Waals surface area contributed by atoms with Gasteiger partial charge in [-0.2, -0.15) is 0 Å². The van der Waals surface area contributed by atoms with Crippen molar-refractivity contribution in [1.29, 1.82) is 0 Å². The summed E-state index contributed by atoms with van der Waals surface area (Å²) >= 11 is 1.32. The molecule has 0 saturated carbocycles. The minimum Gasteiger partial charge on any atom is -0.454 e. The number of fused-ring (bicyclic) bond motifs is 1. The summed E-state index contributed by atoms with van der Waals surface area (Å²) in [4.78, 5) is 17.1. The third-order valence-electron chi connectivity index (χ3n) is 3.50. The summed E-state index contributed by atoms with van der Waals surface area (Å²) in [7, 11) is 1.94. The van der Waals surface area contributed by atoms with E-state index in [1.165, 1.54) is 11.8 Å². The van der Waals surface area contributed by atoms with Crippen molar-refractivity contribution in [2.45, 2.75) is 0 Å². The number of amidine groups is 1. The molecule has 2 aromatic rings. The van der Waals surface area contributed by atoms with Gasteiger partial charge >= 0.3 is 0 Å². The Morgan fingerprint density at radius 1 is 1.30 bits per heavy atom. The molecule has 23 heavy (non-hydrogen) atoms. The van der Waals surface area contributed by atoms with E-state index < -0.39 is 0 Å². The van der Waals surface area contributed by atoms with Crippen LogP contribution < -0.4 is 14.8 Å². The van der Waals surface area contributed by atoms with Crippen LogP contribution in [0.3, 0.4) is 0 Å². The van der Waals surface area contributed by atoms with Crippen molar-refractivity contribution >= 4 is 34.6 Å². The zero-order chi connectivity index (χ0) is 15.8. The monoisotopic (exact) mass is 327 g/mol. The summed E-state index contributed by atoms with van der Waals surface area (Å²) in [6, 6.07) is 9.32. The van der Waals surface area contributed by atoms with Crippen LogP contribution >= 0.6 is 11.8 Å². The molecule has 2 aliphatic heterocycles. The van der Waals surface area contributed by atoms with Crippen LogP contribution in [0.4, 0.5) is 5.69 Å². The Labute approximate surface area is 136 Å². The van der Waals surface area contributed by atoms with E-state index in [4.69, 9.17) is 9.47 Å². The predicted octanol–water partition coefficient (Wildman–Crippen LogP) is 2.65. The number of hydrogen-bond donors (Lipinski definition) is 1. The quantitative estimate of drug-likeness (QED) is 0.861. The maximum absolute atomic E-state index is 12.1. The van der Waals surface area contributed by atoms with Crippen LogP contribution in [0.15, 0.2) is 46.4 Å². The van der Waals surface area contributed by atoms with Crippen LogP contribution in [0.5, 0.6) is 11.5 Å². The second-order valence-electron chi connectivity index (χ2n) is 5.06. The molecular weight excluding hydrogens is 314 g/mol. The standard InChI is InChI=1S/C16H13N3O3S/c1-19-6-2-3-11(19)8-14-15(20)18-16(23-14)17-10-4-5-12-13(7-10)22-9-21-12/h2-8H,9H2,1H3,(H,17,18,20)/b14-8+. The molecule has 116 valence electrons. The van der Waals surface area contributed by atoms with Crippen molar-refractivity contribution in [3.05, 3.63) is 47.1 Å². The third kappa shape index (κ3) is 2.70. The van der Waals surface area contributed by atoms with Crippen molar-refractivity contribution in [3.63, 3.8) is 0 Å². The Hall–Kier alpha value is -2.67. The van der Waals surface area contributed by atoms with Crippen molar-refractivity contribution < 1.29 is 14.3 Å². The molecule has 1 fully saturated rings. The van der Waals surface area contributed by atoms with Gasteiger partial charge in [0.25, 0.3) is 5.91 Å². The van der Waals surface area contributed by atoms with Crippen LogP contribution in [0.25, 0.3) is 6.08 Å². The van der Waals surface area contributed by atoms with Gasteiger partial charge in [0.05, 0.1) is 10.6 Å². The minimum absolute atomic E-state index is 0.143. The molecule has 0 aliphatic carbocycles. The Kier molecular flexibility index (Phi) is 3.34. The molecular formula is C16H13N3O3S. The fourth-order valence-corrected chi connectivity index (χ4v) is 3.14. The number of benzene rings is 1. The summed E-state index contributed by atoms with van der Waals surface area (Å²) in [6.07, 6.45) is 3.79. The van der Waals surface area contributed by atoms with Crippen molar-refractivity contribution in [2.24, 2.45) is 12.0 Å². The summed E-state index contributed by atoms with van der Waals surface area (Å²) in [5.74, 6) is 1.23. The third-order valence-corrected chi connectivity index (χ3v) is 4.41. The lowest BCUT2D eigenvalue weighted by Gasteiger charge is -1.99. The number of aryl methyl sites for hydroxylation is 1. The Morgan fingerprint density at radius 2 is 2.17 bits per heavy atom. The van der Waals surface area contributed by atoms with Gasteiger partial charge in [-0.15, -0.1) is 0 Å². The van der Waals surface area contributed by atoms with Gasteiger partial charge in [0.1, 0.15) is 0 Å². The SMILES string of the molecule is Cn1cccc1/C=C1/SC(=Nc2ccc3c(c2)OCO3)NC1=O. The molecule has 2 aliphatic rings. The fraction of sp³-hybridized carbons (Fsp3) is 0.125. The summed E-state index contributed by atoms with van der Waals surface area (Å²) in [6.45, 7) is 0.227. The number of carbonyl (C=O) groups excluding carboxylic acids is 1. The second kappa shape index (κ2) is 5.51. The van der Waals surface area contributed by atoms with Gasteiger partial charge in [0.15, 0.2) is 16.7 Å². The van der Waals surface area contributed by atoms with Gasteiger partial charge in [0.2, 0.25) is 6.79 Å². The van der Waals surface area contributed by atoms with Crippen molar-refractivity contribution in [2.75, 3.05) is 6.79 Å². The molecule has 1 N–H and O–H groups in total. The molecule has 1 aromatic carbocycles. The molecule has 0 atom stereocenters. The number of nitrogens with zero attached hydrogens (tertiary/aromatic N) is 2. The second-order valence-corrected chi connectivity index (χ2v) is 6.09. The summed E-state index contributed by atoms with van der Waals surface area (Å²) in [5, 5.41) is 3.33. The van der Waals surface area contributed by atoms with Gasteiger partial charge < -0.3 is 19.4 Å². The lowest BCUT2D eigenvalue weighted by atomic mass is 10.3. The van der Waals surface area contributed by atoms with E-state index in [1.54, 1.807) is 6.07 Å². The number of amides is 1. The first-order valence-electron chi connectivity index (χ1n) is 6.99. The smallest absolute Gasteiger partial charge is 0.264 e. The molecule has 0 spiro atoms. The highest BCUT2D eigenvalue weighted by Gasteiger charge is 2.24. The molecule has 1 aromatic heterocycles. The molecule has 4 rings (SSSR count). The number of aliphatic imine (C=N–C) groups is 1. The Morgan fingerprint density at radius 3 is 3.00 bits per heavy atom. The maximum Gasteiger partial charge on any atom is 0.264 e. The number of thioether (sulfide) groups is 1. The van der Waals surface area contributed by atoms with Crippen molar-refractivity contribution in [1.82, 2.24) is 9.88 Å². The Balaban J connectivity index is 1.58. The molecule has 1 amide bonds. The van der Waals surface area contributed by atoms with E-state index >= 15 is 0 Å². The zero-order valence-corrected chi connectivity index (χ0v) is 13.1. The first kappa shape index (κ1) is 14.0. The number of carbonyl (C=O) groups is 1. The van der Waals surface area contributed by atoms with E-state index in [2.05, 4.69) is 10.3 Å². The molecule has 6 nitrogen and oxygen atoms in total. The van der Waals surface area contributed by atoms with E-state index in [1.807, 2.05) is 48.2 Å². The van der Waals surface area contributed by atoms with Crippen molar-refractivity contribution in [3.8, 4) is 11.5 Å². The van der Waals surface area contributed by atoms with Crippen LogP contribution in [-0.4, -0.2) is 22.4 Å². The Bertz CT molecular complexity index is 854. The predicted molar refractivity (Wildman–Crippen MR) is 88.8 cm³/mol. The van der Waals surface area contributed by atoms with Gasteiger partial charge in [-0.05, 0) is 42.1 Å². The fourth-order valence-electron chi connectivity index (χ4n) is 2.31. The first-order valence-corrected chi connectivity index (χ1v) is 7.81. The summed E-state index contributed by atoms with van der Waals surface area (Å²) in [5.41, 5.74) is 1.67. The number of rotatable bonds is 2. The largest absolute Gasteiger partial charge is 0.454 e. The average molecular weight is 327 g/mol. The zero-order valence-electron chi connectivity index (χ0n) is 12.3. The lowest BCUT2D eigenvalue weighted by molar-refractivity contribution is -0.115. The van der Waals surface area contributed by atoms with E-state index in [9.17, 15) is 4.79 Å². The lowest BCUT2D eigenvalue weighted by Crippen LogP contribution is -2.19. The van der Waals surface area contributed by atoms with Gasteiger partial charge in [-0.25, -0.2) is 4.99 Å². The number of ether oxygens (including phenoxy) is 2. The first-order chi connectivity index (χ1) is 11.2. The average Bonchev–Trinajstić information content (AvgIpc) is 3.22. The van der Waals surface area contributed by atoms with E-state index in [0.717, 1.165) is 5.69 Å². The highest BCUT2D eigenvalue weighted by Crippen LogP contribution is 2.36. The van der Waals surface area contributed by atoms with E-state index in [-0.39, 0.29) is 12.7 Å². The topological polar surface area (TPSA) is 64.8 Å². The van der Waals surface area contributed by atoms with Gasteiger partial charge in [-0.1, -0.05) is 0 Å². The van der Waals surface area contributed by atoms with Gasteiger partial charge in [0, 0.05) is 25.0 Å². The molecule has 0 unspecified atom stereocenters. The molecule has 7 heteroatoms. The molecule has 1 saturated heterocycles. The minimum atomic E-state index is -0.143. The normalized spacial score (nSPS) is 19.6. The molecule has 0 bridgehead atoms. The highest BCUT2D eigenvalue weighted by molar-refractivity contribution is 8.18. The summed E-state index contributed by atoms with van der Waals surface area (Å²) < 4.78 is 12.6. The van der Waals surface area contributed by atoms with Crippen LogP contribution in [0.1, 0.15) is 5.69 Å². The number of aromatic nitrogens is 1. The number of hydrogen-bond acceptors (Lipinski definition) is 5. The number of nitrogens with one attached hydrogen (secondary N) is 1. The molecule has 3 heterocycles. The van der Waals surface area contributed by atoms with Crippen LogP contribution in [-0.2, 0) is 11.8 Å². The highest BCUT2D eigenvalue weighted by atomic mass is 32.2. The maximum atomic E-state index is 12.1. The molecule has 0 radical (unpaired) electrons. The van der Waals surface area contributed by atoms with Crippen LogP contribution in [0.2, 0.25) is 0 Å². The van der Waals surface area contributed by atoms with Crippen LogP contribution in [0, 0.1) is 0 Å². The van der Waals surface area contributed by atoms with Gasteiger partial charge in [-0.3, -0.25) is 4.79 Å².